The number of carbonyl (C=O) groups is 1. The van der Waals surface area contributed by atoms with Gasteiger partial charge in [-0.2, -0.15) is 0 Å². The molecule has 1 heterocycles. The van der Waals surface area contributed by atoms with Gasteiger partial charge < -0.3 is 0 Å². The first-order valence-electron chi connectivity index (χ1n) is 5.55. The maximum atomic E-state index is 12.1. The van der Waals surface area contributed by atoms with E-state index >= 15 is 0 Å². The van der Waals surface area contributed by atoms with E-state index in [0.29, 0.717) is 10.8 Å². The Morgan fingerprint density at radius 1 is 1.33 bits per heavy atom. The van der Waals surface area contributed by atoms with Crippen LogP contribution >= 0.6 is 34.7 Å². The van der Waals surface area contributed by atoms with Crippen molar-refractivity contribution in [1.82, 2.24) is 0 Å². The van der Waals surface area contributed by atoms with Crippen LogP contribution in [0.4, 0.5) is 0 Å². The molecular weight excluding hydrogens is 284 g/mol. The molecular formula is C14H13ClOS2. The molecule has 0 aliphatic heterocycles. The van der Waals surface area contributed by atoms with Crippen molar-refractivity contribution in [3.63, 3.8) is 0 Å². The summed E-state index contributed by atoms with van der Waals surface area (Å²) in [5.41, 5.74) is 0.844. The standard InChI is InChI=1S/C14H13ClOS2/c1-9-7-11(10(2)18-9)13(16)8-17-14-6-4-3-5-12(14)15/h3-7H,8H2,1-2H3. The van der Waals surface area contributed by atoms with Crippen molar-refractivity contribution in [2.24, 2.45) is 0 Å². The van der Waals surface area contributed by atoms with E-state index in [1.807, 2.05) is 44.2 Å². The van der Waals surface area contributed by atoms with E-state index < -0.39 is 0 Å². The van der Waals surface area contributed by atoms with Gasteiger partial charge in [0.2, 0.25) is 0 Å². The number of rotatable bonds is 4. The van der Waals surface area contributed by atoms with E-state index in [2.05, 4.69) is 0 Å². The van der Waals surface area contributed by atoms with Crippen LogP contribution in [0.25, 0.3) is 0 Å². The number of thiophene rings is 1. The normalized spacial score (nSPS) is 10.6. The topological polar surface area (TPSA) is 17.1 Å². The molecule has 1 nitrogen and oxygen atoms in total. The summed E-state index contributed by atoms with van der Waals surface area (Å²) in [7, 11) is 0. The van der Waals surface area contributed by atoms with Crippen molar-refractivity contribution >= 4 is 40.5 Å². The van der Waals surface area contributed by atoms with Crippen LogP contribution in [-0.2, 0) is 0 Å². The number of benzene rings is 1. The van der Waals surface area contributed by atoms with Crippen molar-refractivity contribution < 1.29 is 4.79 Å². The fraction of sp³-hybridized carbons (Fsp3) is 0.214. The Morgan fingerprint density at radius 3 is 2.67 bits per heavy atom. The van der Waals surface area contributed by atoms with E-state index in [1.165, 1.54) is 16.6 Å². The highest BCUT2D eigenvalue weighted by atomic mass is 35.5. The molecule has 1 aromatic heterocycles. The van der Waals surface area contributed by atoms with E-state index in [-0.39, 0.29) is 5.78 Å². The van der Waals surface area contributed by atoms with Crippen LogP contribution in [0.3, 0.4) is 0 Å². The predicted octanol–water partition coefficient (Wildman–Crippen LogP) is 4.99. The molecule has 94 valence electrons. The van der Waals surface area contributed by atoms with E-state index in [9.17, 15) is 4.79 Å². The molecule has 2 rings (SSSR count). The number of hydrogen-bond acceptors (Lipinski definition) is 3. The Bertz CT molecular complexity index is 575. The first-order chi connectivity index (χ1) is 8.58. The number of hydrogen-bond donors (Lipinski definition) is 0. The average Bonchev–Trinajstić information content (AvgIpc) is 2.67. The molecule has 0 bridgehead atoms. The van der Waals surface area contributed by atoms with Gasteiger partial charge in [0.05, 0.1) is 10.8 Å². The molecule has 0 fully saturated rings. The third-order valence-electron chi connectivity index (χ3n) is 2.54. The lowest BCUT2D eigenvalue weighted by Crippen LogP contribution is -2.02. The molecule has 0 aliphatic rings. The van der Waals surface area contributed by atoms with Gasteiger partial charge >= 0.3 is 0 Å². The van der Waals surface area contributed by atoms with Gasteiger partial charge in [-0.3, -0.25) is 4.79 Å². The van der Waals surface area contributed by atoms with Gasteiger partial charge in [-0.25, -0.2) is 0 Å². The molecule has 2 aromatic rings. The largest absolute Gasteiger partial charge is 0.293 e. The molecule has 0 saturated carbocycles. The third kappa shape index (κ3) is 3.16. The summed E-state index contributed by atoms with van der Waals surface area (Å²) >= 11 is 9.22. The number of ketones is 1. The second-order valence-corrected chi connectivity index (χ2v) is 6.85. The molecule has 0 unspecified atom stereocenters. The molecule has 0 amide bonds. The fourth-order valence-electron chi connectivity index (χ4n) is 1.69. The van der Waals surface area contributed by atoms with Crippen LogP contribution < -0.4 is 0 Å². The highest BCUT2D eigenvalue weighted by Gasteiger charge is 2.12. The monoisotopic (exact) mass is 296 g/mol. The summed E-state index contributed by atoms with van der Waals surface area (Å²) in [6.07, 6.45) is 0. The van der Waals surface area contributed by atoms with Crippen LogP contribution in [-0.4, -0.2) is 11.5 Å². The summed E-state index contributed by atoms with van der Waals surface area (Å²) in [6, 6.07) is 9.56. The first-order valence-corrected chi connectivity index (χ1v) is 7.73. The maximum absolute atomic E-state index is 12.1. The minimum Gasteiger partial charge on any atom is -0.293 e. The second kappa shape index (κ2) is 5.91. The summed E-state index contributed by atoms with van der Waals surface area (Å²) in [5.74, 6) is 0.600. The number of thioether (sulfide) groups is 1. The van der Waals surface area contributed by atoms with Crippen LogP contribution in [0, 0.1) is 13.8 Å². The van der Waals surface area contributed by atoms with Crippen LogP contribution in [0.5, 0.6) is 0 Å². The SMILES string of the molecule is Cc1cc(C(=O)CSc2ccccc2Cl)c(C)s1. The number of carbonyl (C=O) groups excluding carboxylic acids is 1. The lowest BCUT2D eigenvalue weighted by Gasteiger charge is -2.03. The summed E-state index contributed by atoms with van der Waals surface area (Å²) in [5, 5.41) is 0.702. The zero-order valence-electron chi connectivity index (χ0n) is 10.2. The van der Waals surface area contributed by atoms with Crippen molar-refractivity contribution in [2.75, 3.05) is 5.75 Å². The Morgan fingerprint density at radius 2 is 2.06 bits per heavy atom. The van der Waals surface area contributed by atoms with Crippen molar-refractivity contribution in [3.05, 3.63) is 50.7 Å². The lowest BCUT2D eigenvalue weighted by molar-refractivity contribution is 0.102. The molecule has 0 N–H and O–H groups in total. The molecule has 4 heteroatoms. The van der Waals surface area contributed by atoms with Crippen LogP contribution in [0.15, 0.2) is 35.2 Å². The van der Waals surface area contributed by atoms with Crippen LogP contribution in [0.1, 0.15) is 20.1 Å². The predicted molar refractivity (Wildman–Crippen MR) is 80.3 cm³/mol. The van der Waals surface area contributed by atoms with Gasteiger partial charge in [0, 0.05) is 20.2 Å². The van der Waals surface area contributed by atoms with Crippen molar-refractivity contribution in [3.8, 4) is 0 Å². The number of Topliss-reactive ketones (excluding diaryl/α,β-unsaturated/α-hetero) is 1. The Kier molecular flexibility index (Phi) is 4.49. The quantitative estimate of drug-likeness (QED) is 0.584. The van der Waals surface area contributed by atoms with Gasteiger partial charge in [0.15, 0.2) is 5.78 Å². The smallest absolute Gasteiger partial charge is 0.174 e. The summed E-state index contributed by atoms with van der Waals surface area (Å²) in [4.78, 5) is 15.3. The zero-order valence-corrected chi connectivity index (χ0v) is 12.6. The van der Waals surface area contributed by atoms with Gasteiger partial charge in [-0.05, 0) is 32.0 Å². The molecule has 18 heavy (non-hydrogen) atoms. The lowest BCUT2D eigenvalue weighted by atomic mass is 10.2. The van der Waals surface area contributed by atoms with Crippen LogP contribution in [0.2, 0.25) is 5.02 Å². The molecule has 1 aromatic carbocycles. The van der Waals surface area contributed by atoms with Gasteiger partial charge in [-0.1, -0.05) is 23.7 Å². The molecule has 0 saturated heterocycles. The van der Waals surface area contributed by atoms with Crippen molar-refractivity contribution in [2.45, 2.75) is 18.7 Å². The minimum atomic E-state index is 0.168. The Hall–Kier alpha value is -0.770. The summed E-state index contributed by atoms with van der Waals surface area (Å²) in [6.45, 7) is 4.01. The van der Waals surface area contributed by atoms with Gasteiger partial charge in [-0.15, -0.1) is 23.1 Å². The zero-order chi connectivity index (χ0) is 13.1. The maximum Gasteiger partial charge on any atom is 0.174 e. The molecule has 0 atom stereocenters. The molecule has 0 spiro atoms. The van der Waals surface area contributed by atoms with E-state index in [0.717, 1.165) is 15.3 Å². The second-order valence-electron chi connectivity index (χ2n) is 3.97. The van der Waals surface area contributed by atoms with Crippen molar-refractivity contribution in [1.29, 1.82) is 0 Å². The van der Waals surface area contributed by atoms with Gasteiger partial charge in [0.1, 0.15) is 0 Å². The minimum absolute atomic E-state index is 0.168. The summed E-state index contributed by atoms with van der Waals surface area (Å²) < 4.78 is 0. The molecule has 0 aliphatic carbocycles. The fourth-order valence-corrected chi connectivity index (χ4v) is 3.76. The average molecular weight is 297 g/mol. The van der Waals surface area contributed by atoms with E-state index in [1.54, 1.807) is 11.3 Å². The number of aryl methyl sites for hydroxylation is 2. The first kappa shape index (κ1) is 13.7. The highest BCUT2D eigenvalue weighted by Crippen LogP contribution is 2.28. The Balaban J connectivity index is 2.05. The molecule has 0 radical (unpaired) electrons. The Labute approximate surface area is 120 Å². The number of halogens is 1. The third-order valence-corrected chi connectivity index (χ3v) is 5.02. The highest BCUT2D eigenvalue weighted by molar-refractivity contribution is 8.00. The van der Waals surface area contributed by atoms with Gasteiger partial charge in [0.25, 0.3) is 0 Å². The van der Waals surface area contributed by atoms with E-state index in [4.69, 9.17) is 11.6 Å².